The van der Waals surface area contributed by atoms with Crippen LogP contribution in [0.1, 0.15) is 35.8 Å². The van der Waals surface area contributed by atoms with E-state index in [9.17, 15) is 9.59 Å². The molecule has 0 bridgehead atoms. The summed E-state index contributed by atoms with van der Waals surface area (Å²) in [6.45, 7) is 2.31. The molecular formula is C21H25N3O3S. The molecule has 1 atom stereocenters. The maximum absolute atomic E-state index is 12.5. The number of ether oxygens (including phenoxy) is 1. The van der Waals surface area contributed by atoms with Crippen LogP contribution in [0.4, 0.5) is 11.4 Å². The van der Waals surface area contributed by atoms with Gasteiger partial charge in [-0.3, -0.25) is 9.59 Å². The van der Waals surface area contributed by atoms with Gasteiger partial charge >= 0.3 is 0 Å². The van der Waals surface area contributed by atoms with Gasteiger partial charge in [-0.1, -0.05) is 0 Å². The number of amides is 2. The highest BCUT2D eigenvalue weighted by molar-refractivity contribution is 7.10. The van der Waals surface area contributed by atoms with Crippen molar-refractivity contribution in [2.45, 2.75) is 31.8 Å². The molecule has 2 aliphatic heterocycles. The Balaban J connectivity index is 1.31. The first-order valence-corrected chi connectivity index (χ1v) is 10.6. The van der Waals surface area contributed by atoms with Gasteiger partial charge < -0.3 is 20.7 Å². The third kappa shape index (κ3) is 4.20. The minimum Gasteiger partial charge on any atom is -0.372 e. The highest BCUT2D eigenvalue weighted by Gasteiger charge is 2.25. The molecule has 2 amide bonds. The molecule has 1 saturated heterocycles. The average molecular weight is 400 g/mol. The van der Waals surface area contributed by atoms with Crippen molar-refractivity contribution >= 4 is 34.5 Å². The summed E-state index contributed by atoms with van der Waals surface area (Å²) in [5.74, 6) is -0.253. The van der Waals surface area contributed by atoms with Gasteiger partial charge in [0.05, 0.1) is 13.0 Å². The van der Waals surface area contributed by atoms with E-state index in [-0.39, 0.29) is 23.8 Å². The number of piperidine rings is 1. The first kappa shape index (κ1) is 19.0. The van der Waals surface area contributed by atoms with Crippen LogP contribution in [0.3, 0.4) is 0 Å². The summed E-state index contributed by atoms with van der Waals surface area (Å²) in [4.78, 5) is 27.2. The molecule has 1 aromatic heterocycles. The van der Waals surface area contributed by atoms with E-state index in [1.54, 1.807) is 11.3 Å². The molecule has 1 fully saturated rings. The Morgan fingerprint density at radius 3 is 2.64 bits per heavy atom. The number of nitrogens with zero attached hydrogens (tertiary/aromatic N) is 1. The van der Waals surface area contributed by atoms with E-state index in [2.05, 4.69) is 21.7 Å². The molecule has 7 heteroatoms. The van der Waals surface area contributed by atoms with E-state index >= 15 is 0 Å². The lowest BCUT2D eigenvalue weighted by Crippen LogP contribution is -2.38. The number of carbonyl (C=O) groups is 2. The Morgan fingerprint density at radius 1 is 1.18 bits per heavy atom. The lowest BCUT2D eigenvalue weighted by Gasteiger charge is -2.32. The second-order valence-corrected chi connectivity index (χ2v) is 8.33. The van der Waals surface area contributed by atoms with Crippen molar-refractivity contribution in [2.75, 3.05) is 29.9 Å². The van der Waals surface area contributed by atoms with Crippen LogP contribution >= 0.6 is 11.3 Å². The summed E-state index contributed by atoms with van der Waals surface area (Å²) >= 11 is 1.66. The fraction of sp³-hybridized carbons (Fsp3) is 0.429. The van der Waals surface area contributed by atoms with E-state index in [1.165, 1.54) is 10.4 Å². The van der Waals surface area contributed by atoms with E-state index in [0.717, 1.165) is 43.7 Å². The lowest BCUT2D eigenvalue weighted by molar-refractivity contribution is -0.122. The molecule has 6 nitrogen and oxygen atoms in total. The smallest absolute Gasteiger partial charge is 0.227 e. The zero-order valence-electron chi connectivity index (χ0n) is 15.7. The monoisotopic (exact) mass is 399 g/mol. The molecule has 4 rings (SSSR count). The molecule has 0 saturated carbocycles. The molecule has 1 unspecified atom stereocenters. The fourth-order valence-electron chi connectivity index (χ4n) is 3.93. The molecule has 0 radical (unpaired) electrons. The third-order valence-corrected chi connectivity index (χ3v) is 6.60. The van der Waals surface area contributed by atoms with Gasteiger partial charge in [-0.25, -0.2) is 0 Å². The van der Waals surface area contributed by atoms with Crippen LogP contribution in [-0.2, 0) is 20.7 Å². The second-order valence-electron chi connectivity index (χ2n) is 7.38. The first-order valence-electron chi connectivity index (χ1n) is 9.72. The van der Waals surface area contributed by atoms with Crippen LogP contribution in [0.25, 0.3) is 0 Å². The molecule has 148 valence electrons. The van der Waals surface area contributed by atoms with E-state index in [4.69, 9.17) is 10.5 Å². The number of nitrogens with one attached hydrogen (secondary N) is 1. The van der Waals surface area contributed by atoms with Gasteiger partial charge in [-0.15, -0.1) is 11.3 Å². The van der Waals surface area contributed by atoms with E-state index in [1.807, 2.05) is 24.3 Å². The van der Waals surface area contributed by atoms with Crippen molar-refractivity contribution in [3.8, 4) is 0 Å². The largest absolute Gasteiger partial charge is 0.372 e. The predicted octanol–water partition coefficient (Wildman–Crippen LogP) is 3.09. The Labute approximate surface area is 168 Å². The van der Waals surface area contributed by atoms with Gasteiger partial charge in [0.15, 0.2) is 0 Å². The van der Waals surface area contributed by atoms with Gasteiger partial charge in [-0.05, 0) is 60.5 Å². The summed E-state index contributed by atoms with van der Waals surface area (Å²) in [5.41, 5.74) is 8.58. The molecular weight excluding hydrogens is 374 g/mol. The van der Waals surface area contributed by atoms with Crippen LogP contribution in [0.15, 0.2) is 35.7 Å². The maximum atomic E-state index is 12.5. The number of anilines is 2. The summed E-state index contributed by atoms with van der Waals surface area (Å²) in [6.07, 6.45) is 2.69. The number of nitrogens with two attached hydrogens (primary N) is 1. The predicted molar refractivity (Wildman–Crippen MR) is 111 cm³/mol. The SMILES string of the molecule is NC(=O)C1CCN(c2ccc(NC(=O)CC3OCCc4ccsc43)cc2)CC1. The van der Waals surface area contributed by atoms with E-state index in [0.29, 0.717) is 13.0 Å². The van der Waals surface area contributed by atoms with E-state index < -0.39 is 0 Å². The van der Waals surface area contributed by atoms with Crippen molar-refractivity contribution in [1.29, 1.82) is 0 Å². The Kier molecular flexibility index (Phi) is 5.64. The lowest BCUT2D eigenvalue weighted by atomic mass is 9.96. The molecule has 28 heavy (non-hydrogen) atoms. The minimum atomic E-state index is -0.200. The van der Waals surface area contributed by atoms with Crippen molar-refractivity contribution in [3.63, 3.8) is 0 Å². The Morgan fingerprint density at radius 2 is 1.93 bits per heavy atom. The minimum absolute atomic E-state index is 0.0133. The van der Waals surface area contributed by atoms with Crippen molar-refractivity contribution < 1.29 is 14.3 Å². The van der Waals surface area contributed by atoms with Crippen molar-refractivity contribution in [1.82, 2.24) is 0 Å². The number of fused-ring (bicyclic) bond motifs is 1. The molecule has 0 spiro atoms. The number of primary amides is 1. The Hall–Kier alpha value is -2.38. The summed E-state index contributed by atoms with van der Waals surface area (Å²) in [5, 5.41) is 5.04. The highest BCUT2D eigenvalue weighted by atomic mass is 32.1. The second kappa shape index (κ2) is 8.32. The number of hydrogen-bond donors (Lipinski definition) is 2. The van der Waals surface area contributed by atoms with Crippen LogP contribution < -0.4 is 16.0 Å². The number of hydrogen-bond acceptors (Lipinski definition) is 5. The quantitative estimate of drug-likeness (QED) is 0.809. The fourth-order valence-corrected chi connectivity index (χ4v) is 4.94. The van der Waals surface area contributed by atoms with Crippen LogP contribution in [0.2, 0.25) is 0 Å². The van der Waals surface area contributed by atoms with Crippen LogP contribution in [0.5, 0.6) is 0 Å². The molecule has 2 aromatic rings. The normalized spacial score (nSPS) is 19.9. The molecule has 3 heterocycles. The van der Waals surface area contributed by atoms with Crippen LogP contribution in [-0.4, -0.2) is 31.5 Å². The first-order chi connectivity index (χ1) is 13.6. The summed E-state index contributed by atoms with van der Waals surface area (Å²) < 4.78 is 5.81. The van der Waals surface area contributed by atoms with Gasteiger partial charge in [0.1, 0.15) is 6.10 Å². The van der Waals surface area contributed by atoms with Gasteiger partial charge in [0.2, 0.25) is 11.8 Å². The van der Waals surface area contributed by atoms with Crippen molar-refractivity contribution in [3.05, 3.63) is 46.2 Å². The van der Waals surface area contributed by atoms with Gasteiger partial charge in [-0.2, -0.15) is 0 Å². The summed E-state index contributed by atoms with van der Waals surface area (Å²) in [6, 6.07) is 9.99. The standard InChI is InChI=1S/C21H25N3O3S/c22-21(26)15-5-9-24(10-6-15)17-3-1-16(2-4-17)23-19(25)13-18-20-14(7-11-27-18)8-12-28-20/h1-4,8,12,15,18H,5-7,9-11,13H2,(H2,22,26)(H,23,25). The zero-order valence-corrected chi connectivity index (χ0v) is 16.5. The van der Waals surface area contributed by atoms with Crippen LogP contribution in [0, 0.1) is 5.92 Å². The topological polar surface area (TPSA) is 84.7 Å². The Bertz CT molecular complexity index is 841. The number of rotatable bonds is 5. The molecule has 0 aliphatic carbocycles. The maximum Gasteiger partial charge on any atom is 0.227 e. The summed E-state index contributed by atoms with van der Waals surface area (Å²) in [7, 11) is 0. The number of carbonyl (C=O) groups excluding carboxylic acids is 2. The zero-order chi connectivity index (χ0) is 19.5. The highest BCUT2D eigenvalue weighted by Crippen LogP contribution is 2.34. The third-order valence-electron chi connectivity index (χ3n) is 5.55. The molecule has 2 aliphatic rings. The molecule has 3 N–H and O–H groups in total. The number of thiophene rings is 1. The number of benzene rings is 1. The van der Waals surface area contributed by atoms with Crippen molar-refractivity contribution in [2.24, 2.45) is 11.7 Å². The van der Waals surface area contributed by atoms with Gasteiger partial charge in [0, 0.05) is 35.3 Å². The molecule has 1 aromatic carbocycles. The average Bonchev–Trinajstić information content (AvgIpc) is 3.18. The van der Waals surface area contributed by atoms with Gasteiger partial charge in [0.25, 0.3) is 0 Å².